The summed E-state index contributed by atoms with van der Waals surface area (Å²) < 4.78 is 5.18. The molecule has 0 spiro atoms. The Morgan fingerprint density at radius 3 is 2.71 bits per heavy atom. The molecule has 5 aliphatic rings. The van der Waals surface area contributed by atoms with Gasteiger partial charge in [-0.1, -0.05) is 18.6 Å². The van der Waals surface area contributed by atoms with Crippen molar-refractivity contribution in [1.29, 1.82) is 0 Å². The molecule has 5 heteroatoms. The maximum absolute atomic E-state index is 12.1. The molecular formula is C23H32O5. The van der Waals surface area contributed by atoms with Crippen LogP contribution in [-0.2, 0) is 9.53 Å². The Morgan fingerprint density at radius 2 is 2.00 bits per heavy atom. The molecular weight excluding hydrogens is 356 g/mol. The number of carbonyl (C=O) groups is 1. The summed E-state index contributed by atoms with van der Waals surface area (Å²) in [6, 6.07) is 0. The predicted octanol–water partition coefficient (Wildman–Crippen LogP) is 2.50. The summed E-state index contributed by atoms with van der Waals surface area (Å²) in [7, 11) is 0. The van der Waals surface area contributed by atoms with Crippen molar-refractivity contribution < 1.29 is 24.9 Å². The average Bonchev–Trinajstić information content (AvgIpc) is 3.22. The predicted molar refractivity (Wildman–Crippen MR) is 103 cm³/mol. The topological polar surface area (TPSA) is 87.0 Å². The molecule has 3 fully saturated rings. The summed E-state index contributed by atoms with van der Waals surface area (Å²) in [5.41, 5.74) is 0.946. The van der Waals surface area contributed by atoms with E-state index in [1.54, 1.807) is 6.08 Å². The van der Waals surface area contributed by atoms with Crippen molar-refractivity contribution in [2.45, 2.75) is 70.0 Å². The second-order valence-corrected chi connectivity index (χ2v) is 10.2. The third-order valence-electron chi connectivity index (χ3n) is 9.41. The summed E-state index contributed by atoms with van der Waals surface area (Å²) in [4.78, 5) is 11.6. The first-order valence-corrected chi connectivity index (χ1v) is 10.9. The van der Waals surface area contributed by atoms with E-state index in [1.165, 1.54) is 5.57 Å². The van der Waals surface area contributed by atoms with E-state index in [0.717, 1.165) is 50.5 Å². The van der Waals surface area contributed by atoms with E-state index in [2.05, 4.69) is 13.0 Å². The highest BCUT2D eigenvalue weighted by Gasteiger charge is 2.67. The number of rotatable bonds is 2. The number of esters is 1. The smallest absolute Gasteiger partial charge is 0.331 e. The van der Waals surface area contributed by atoms with Crippen molar-refractivity contribution in [1.82, 2.24) is 0 Å². The highest BCUT2D eigenvalue weighted by Crippen LogP contribution is 2.68. The highest BCUT2D eigenvalue weighted by atomic mass is 16.5. The van der Waals surface area contributed by atoms with Crippen LogP contribution in [0.4, 0.5) is 0 Å². The van der Waals surface area contributed by atoms with Gasteiger partial charge in [0.1, 0.15) is 6.61 Å². The number of fused-ring (bicyclic) bond motifs is 5. The Hall–Kier alpha value is -1.17. The molecule has 5 rings (SSSR count). The Labute approximate surface area is 166 Å². The lowest BCUT2D eigenvalue weighted by atomic mass is 9.45. The van der Waals surface area contributed by atoms with Gasteiger partial charge in [0.05, 0.1) is 18.3 Å². The summed E-state index contributed by atoms with van der Waals surface area (Å²) in [6.45, 7) is 2.68. The first-order chi connectivity index (χ1) is 13.3. The number of hydrogen-bond donors (Lipinski definition) is 3. The molecule has 4 aliphatic carbocycles. The first kappa shape index (κ1) is 18.8. The molecule has 0 saturated heterocycles. The average molecular weight is 389 g/mol. The zero-order valence-electron chi connectivity index (χ0n) is 16.7. The van der Waals surface area contributed by atoms with E-state index in [9.17, 15) is 20.1 Å². The van der Waals surface area contributed by atoms with E-state index < -0.39 is 5.60 Å². The molecule has 0 aromatic rings. The fraction of sp³-hybridized carbons (Fsp3) is 0.783. The molecule has 0 radical (unpaired) electrons. The van der Waals surface area contributed by atoms with Crippen LogP contribution < -0.4 is 0 Å². The lowest BCUT2D eigenvalue weighted by Crippen LogP contribution is -2.61. The van der Waals surface area contributed by atoms with Crippen molar-refractivity contribution in [3.8, 4) is 0 Å². The second-order valence-electron chi connectivity index (χ2n) is 10.2. The minimum absolute atomic E-state index is 0.108. The number of ether oxygens (including phenoxy) is 1. The maximum atomic E-state index is 12.1. The Bertz CT molecular complexity index is 756. The Balaban J connectivity index is 1.52. The molecule has 0 aromatic heterocycles. The van der Waals surface area contributed by atoms with Gasteiger partial charge in [-0.15, -0.1) is 0 Å². The Morgan fingerprint density at radius 1 is 1.18 bits per heavy atom. The summed E-state index contributed by atoms with van der Waals surface area (Å²) in [5, 5.41) is 32.7. The normalized spacial score (nSPS) is 50.2. The van der Waals surface area contributed by atoms with Crippen LogP contribution in [0.3, 0.4) is 0 Å². The van der Waals surface area contributed by atoms with Crippen LogP contribution in [0.2, 0.25) is 0 Å². The number of aliphatic hydroxyl groups is 3. The van der Waals surface area contributed by atoms with Crippen LogP contribution in [0, 0.1) is 28.6 Å². The number of aliphatic hydroxyl groups excluding tert-OH is 2. The molecule has 1 aliphatic heterocycles. The summed E-state index contributed by atoms with van der Waals surface area (Å²) in [5.74, 6) is 0.319. The first-order valence-electron chi connectivity index (χ1n) is 10.9. The minimum atomic E-state index is -0.784. The molecule has 0 unspecified atom stereocenters. The van der Waals surface area contributed by atoms with Crippen LogP contribution in [0.15, 0.2) is 23.3 Å². The van der Waals surface area contributed by atoms with Gasteiger partial charge in [-0.25, -0.2) is 4.79 Å². The summed E-state index contributed by atoms with van der Waals surface area (Å²) >= 11 is 0. The van der Waals surface area contributed by atoms with Crippen molar-refractivity contribution in [2.24, 2.45) is 28.6 Å². The molecule has 154 valence electrons. The van der Waals surface area contributed by atoms with E-state index in [4.69, 9.17) is 4.74 Å². The molecule has 28 heavy (non-hydrogen) atoms. The van der Waals surface area contributed by atoms with Crippen LogP contribution >= 0.6 is 0 Å². The van der Waals surface area contributed by atoms with E-state index >= 15 is 0 Å². The zero-order chi connectivity index (χ0) is 19.7. The number of hydrogen-bond acceptors (Lipinski definition) is 5. The molecule has 3 N–H and O–H groups in total. The van der Waals surface area contributed by atoms with Gasteiger partial charge in [0.25, 0.3) is 0 Å². The van der Waals surface area contributed by atoms with Crippen LogP contribution in [0.25, 0.3) is 0 Å². The van der Waals surface area contributed by atoms with Gasteiger partial charge >= 0.3 is 5.97 Å². The molecule has 5 nitrogen and oxygen atoms in total. The van der Waals surface area contributed by atoms with Crippen LogP contribution in [0.5, 0.6) is 0 Å². The van der Waals surface area contributed by atoms with Crippen LogP contribution in [-0.4, -0.2) is 46.2 Å². The van der Waals surface area contributed by atoms with Gasteiger partial charge in [-0.05, 0) is 74.7 Å². The lowest BCUT2D eigenvalue weighted by molar-refractivity contribution is -0.183. The second kappa shape index (κ2) is 6.16. The molecule has 7 atom stereocenters. The quantitative estimate of drug-likeness (QED) is 0.500. The van der Waals surface area contributed by atoms with Crippen molar-refractivity contribution in [2.75, 3.05) is 13.2 Å². The molecule has 0 amide bonds. The van der Waals surface area contributed by atoms with Gasteiger partial charge < -0.3 is 20.1 Å². The van der Waals surface area contributed by atoms with E-state index in [-0.39, 0.29) is 47.3 Å². The lowest BCUT2D eigenvalue weighted by Gasteiger charge is -2.61. The highest BCUT2D eigenvalue weighted by molar-refractivity contribution is 5.85. The van der Waals surface area contributed by atoms with Gasteiger partial charge in [0.2, 0.25) is 0 Å². The molecule has 1 heterocycles. The SMILES string of the molecule is C[C@]12CC[C@@H]3[C@@H](CC=C4C[C@@H](O)CC[C@@]43CO)[C@@]1(O)CC[C@@H]2C1=CC(=O)OC1. The van der Waals surface area contributed by atoms with Gasteiger partial charge in [-0.3, -0.25) is 0 Å². The van der Waals surface area contributed by atoms with Crippen LogP contribution in [0.1, 0.15) is 58.3 Å². The van der Waals surface area contributed by atoms with Crippen molar-refractivity contribution in [3.63, 3.8) is 0 Å². The zero-order valence-corrected chi connectivity index (χ0v) is 16.7. The van der Waals surface area contributed by atoms with Crippen molar-refractivity contribution >= 4 is 5.97 Å². The standard InChI is InChI=1S/C23H32O5/c1-21-7-5-18-19(3-2-15-11-16(25)4-8-22(15,18)13-24)23(21,27)9-6-17(21)14-10-20(26)28-12-14/h2,10,16-19,24-25,27H,3-9,11-13H2,1H3/t16-,17+,18+,19+,21+,22+,23-/m0/s1. The van der Waals surface area contributed by atoms with E-state index in [0.29, 0.717) is 13.0 Å². The van der Waals surface area contributed by atoms with Gasteiger partial charge in [0, 0.05) is 16.9 Å². The third-order valence-corrected chi connectivity index (χ3v) is 9.41. The van der Waals surface area contributed by atoms with E-state index in [1.807, 2.05) is 0 Å². The monoisotopic (exact) mass is 388 g/mol. The van der Waals surface area contributed by atoms with Crippen molar-refractivity contribution in [3.05, 3.63) is 23.3 Å². The number of cyclic esters (lactones) is 1. The Kier molecular flexibility index (Phi) is 4.15. The minimum Gasteiger partial charge on any atom is -0.458 e. The maximum Gasteiger partial charge on any atom is 0.331 e. The largest absolute Gasteiger partial charge is 0.458 e. The third kappa shape index (κ3) is 2.27. The molecule has 0 aromatic carbocycles. The summed E-state index contributed by atoms with van der Waals surface area (Å²) in [6.07, 6.45) is 10.1. The number of allylic oxidation sites excluding steroid dienone is 1. The van der Waals surface area contributed by atoms with Gasteiger partial charge in [-0.2, -0.15) is 0 Å². The fourth-order valence-electron chi connectivity index (χ4n) is 7.89. The molecule has 0 bridgehead atoms. The number of carbonyl (C=O) groups excluding carboxylic acids is 1. The fourth-order valence-corrected chi connectivity index (χ4v) is 7.89. The van der Waals surface area contributed by atoms with Gasteiger partial charge in [0.15, 0.2) is 0 Å². The molecule has 3 saturated carbocycles.